The lowest BCUT2D eigenvalue weighted by Gasteiger charge is -2.04. The van der Waals surface area contributed by atoms with Crippen molar-refractivity contribution < 1.29 is 9.53 Å². The van der Waals surface area contributed by atoms with E-state index in [9.17, 15) is 4.79 Å². The van der Waals surface area contributed by atoms with E-state index in [1.54, 1.807) is 6.08 Å². The van der Waals surface area contributed by atoms with Crippen molar-refractivity contribution in [3.63, 3.8) is 0 Å². The van der Waals surface area contributed by atoms with Gasteiger partial charge in [-0.15, -0.1) is 0 Å². The second-order valence-corrected chi connectivity index (χ2v) is 4.72. The lowest BCUT2D eigenvalue weighted by Crippen LogP contribution is -2.04. The molecule has 0 fully saturated rings. The maximum absolute atomic E-state index is 11.2. The summed E-state index contributed by atoms with van der Waals surface area (Å²) in [6.07, 6.45) is 6.46. The van der Waals surface area contributed by atoms with Crippen LogP contribution in [-0.2, 0) is 9.53 Å². The molecule has 0 bridgehead atoms. The molecule has 0 aromatic carbocycles. The molecule has 88 valence electrons. The molecule has 0 saturated heterocycles. The highest BCUT2D eigenvalue weighted by atomic mass is 16.5. The Labute approximate surface area is 93.7 Å². The monoisotopic (exact) mass is 212 g/mol. The first kappa shape index (κ1) is 14.2. The zero-order chi connectivity index (χ0) is 11.7. The molecule has 2 heteroatoms. The van der Waals surface area contributed by atoms with Crippen molar-refractivity contribution in [3.8, 4) is 0 Å². The third-order valence-electron chi connectivity index (χ3n) is 2.10. The fourth-order valence-corrected chi connectivity index (χ4v) is 1.05. The number of ether oxygens (including phenoxy) is 1. The van der Waals surface area contributed by atoms with E-state index in [4.69, 9.17) is 4.74 Å². The number of carbonyl (C=O) groups excluding carboxylic acids is 1. The molecule has 0 aromatic heterocycles. The topological polar surface area (TPSA) is 26.3 Å². The van der Waals surface area contributed by atoms with Crippen molar-refractivity contribution in [1.82, 2.24) is 0 Å². The average Bonchev–Trinajstić information content (AvgIpc) is 2.11. The van der Waals surface area contributed by atoms with Crippen LogP contribution >= 0.6 is 0 Å². The highest BCUT2D eigenvalue weighted by molar-refractivity contribution is 5.81. The molecule has 0 aliphatic heterocycles. The molecule has 0 amide bonds. The van der Waals surface area contributed by atoms with Crippen molar-refractivity contribution in [2.45, 2.75) is 47.0 Å². The van der Waals surface area contributed by atoms with Gasteiger partial charge in [0.1, 0.15) is 0 Å². The fraction of sp³-hybridized carbons (Fsp3) is 0.769. The first-order valence-corrected chi connectivity index (χ1v) is 5.85. The Morgan fingerprint density at radius 3 is 2.27 bits per heavy atom. The lowest BCUT2D eigenvalue weighted by molar-refractivity contribution is -0.138. The van der Waals surface area contributed by atoms with E-state index < -0.39 is 0 Å². The summed E-state index contributed by atoms with van der Waals surface area (Å²) in [6, 6.07) is 0. The molecule has 0 rings (SSSR count). The Morgan fingerprint density at radius 2 is 1.73 bits per heavy atom. The molecule has 2 nitrogen and oxygen atoms in total. The Kier molecular flexibility index (Phi) is 8.06. The van der Waals surface area contributed by atoms with Crippen molar-refractivity contribution >= 4 is 5.97 Å². The van der Waals surface area contributed by atoms with Crippen LogP contribution in [-0.4, -0.2) is 12.6 Å². The van der Waals surface area contributed by atoms with Gasteiger partial charge in [0.15, 0.2) is 0 Å². The zero-order valence-electron chi connectivity index (χ0n) is 10.5. The van der Waals surface area contributed by atoms with Crippen LogP contribution in [0.15, 0.2) is 12.2 Å². The minimum atomic E-state index is -0.209. The largest absolute Gasteiger partial charge is 0.463 e. The van der Waals surface area contributed by atoms with Crippen molar-refractivity contribution in [2.24, 2.45) is 11.8 Å². The van der Waals surface area contributed by atoms with Gasteiger partial charge in [0, 0.05) is 6.08 Å². The second-order valence-electron chi connectivity index (χ2n) is 4.72. The average molecular weight is 212 g/mol. The molecule has 0 aliphatic rings. The SMILES string of the molecule is CC(C)CCC=CC(=O)OCCC(C)C. The van der Waals surface area contributed by atoms with E-state index in [0.717, 1.165) is 19.3 Å². The van der Waals surface area contributed by atoms with E-state index in [-0.39, 0.29) is 5.97 Å². The summed E-state index contributed by atoms with van der Waals surface area (Å²) in [4.78, 5) is 11.2. The minimum Gasteiger partial charge on any atom is -0.463 e. The van der Waals surface area contributed by atoms with Gasteiger partial charge in [-0.3, -0.25) is 0 Å². The highest BCUT2D eigenvalue weighted by Gasteiger charge is 1.98. The van der Waals surface area contributed by atoms with Crippen LogP contribution in [0.2, 0.25) is 0 Å². The standard InChI is InChI=1S/C13H24O2/c1-11(2)7-5-6-8-13(14)15-10-9-12(3)4/h6,8,11-12H,5,7,9-10H2,1-4H3. The van der Waals surface area contributed by atoms with Crippen LogP contribution in [0, 0.1) is 11.8 Å². The van der Waals surface area contributed by atoms with E-state index in [2.05, 4.69) is 27.7 Å². The summed E-state index contributed by atoms with van der Waals surface area (Å²) >= 11 is 0. The Hall–Kier alpha value is -0.790. The Balaban J connectivity index is 3.47. The molecular formula is C13H24O2. The lowest BCUT2D eigenvalue weighted by atomic mass is 10.1. The smallest absolute Gasteiger partial charge is 0.330 e. The molecule has 0 N–H and O–H groups in total. The molecule has 0 aliphatic carbocycles. The van der Waals surface area contributed by atoms with Gasteiger partial charge in [0.05, 0.1) is 6.61 Å². The Morgan fingerprint density at radius 1 is 1.13 bits per heavy atom. The molecular weight excluding hydrogens is 188 g/mol. The summed E-state index contributed by atoms with van der Waals surface area (Å²) in [5, 5.41) is 0. The fourth-order valence-electron chi connectivity index (χ4n) is 1.05. The van der Waals surface area contributed by atoms with E-state index in [0.29, 0.717) is 18.4 Å². The van der Waals surface area contributed by atoms with Gasteiger partial charge in [-0.05, 0) is 31.1 Å². The number of esters is 1. The van der Waals surface area contributed by atoms with Crippen molar-refractivity contribution in [1.29, 1.82) is 0 Å². The molecule has 0 heterocycles. The maximum atomic E-state index is 11.2. The molecule has 0 saturated carbocycles. The number of hydrogen-bond acceptors (Lipinski definition) is 2. The van der Waals surface area contributed by atoms with Crippen LogP contribution in [0.3, 0.4) is 0 Å². The van der Waals surface area contributed by atoms with Crippen LogP contribution in [0.25, 0.3) is 0 Å². The van der Waals surface area contributed by atoms with Gasteiger partial charge in [-0.1, -0.05) is 33.8 Å². The summed E-state index contributed by atoms with van der Waals surface area (Å²) in [5.41, 5.74) is 0. The van der Waals surface area contributed by atoms with E-state index in [1.165, 1.54) is 0 Å². The minimum absolute atomic E-state index is 0.209. The third-order valence-corrected chi connectivity index (χ3v) is 2.10. The van der Waals surface area contributed by atoms with E-state index in [1.807, 2.05) is 6.08 Å². The number of hydrogen-bond donors (Lipinski definition) is 0. The summed E-state index contributed by atoms with van der Waals surface area (Å²) in [7, 11) is 0. The normalized spacial score (nSPS) is 11.6. The Bertz CT molecular complexity index is 193. The van der Waals surface area contributed by atoms with Gasteiger partial charge in [-0.2, -0.15) is 0 Å². The molecule has 0 unspecified atom stereocenters. The first-order valence-electron chi connectivity index (χ1n) is 5.85. The van der Waals surface area contributed by atoms with Gasteiger partial charge < -0.3 is 4.74 Å². The summed E-state index contributed by atoms with van der Waals surface area (Å²) in [6.45, 7) is 9.12. The quantitative estimate of drug-likeness (QED) is 0.476. The van der Waals surface area contributed by atoms with Crippen LogP contribution in [0.5, 0.6) is 0 Å². The van der Waals surface area contributed by atoms with E-state index >= 15 is 0 Å². The second kappa shape index (κ2) is 8.51. The molecule has 0 spiro atoms. The van der Waals surface area contributed by atoms with Crippen LogP contribution in [0.1, 0.15) is 47.0 Å². The van der Waals surface area contributed by atoms with Gasteiger partial charge in [0.25, 0.3) is 0 Å². The molecule has 15 heavy (non-hydrogen) atoms. The number of rotatable bonds is 7. The predicted molar refractivity (Wildman–Crippen MR) is 63.6 cm³/mol. The molecule has 0 atom stereocenters. The van der Waals surface area contributed by atoms with Gasteiger partial charge in [-0.25, -0.2) is 4.79 Å². The van der Waals surface area contributed by atoms with Gasteiger partial charge in [0.2, 0.25) is 0 Å². The van der Waals surface area contributed by atoms with Crippen LogP contribution in [0.4, 0.5) is 0 Å². The number of carbonyl (C=O) groups is 1. The summed E-state index contributed by atoms with van der Waals surface area (Å²) in [5.74, 6) is 1.06. The third kappa shape index (κ3) is 11.1. The predicted octanol–water partition coefficient (Wildman–Crippen LogP) is 3.57. The van der Waals surface area contributed by atoms with Gasteiger partial charge >= 0.3 is 5.97 Å². The molecule has 0 aromatic rings. The zero-order valence-corrected chi connectivity index (χ0v) is 10.5. The van der Waals surface area contributed by atoms with Crippen molar-refractivity contribution in [2.75, 3.05) is 6.61 Å². The van der Waals surface area contributed by atoms with Crippen LogP contribution < -0.4 is 0 Å². The maximum Gasteiger partial charge on any atom is 0.330 e. The highest BCUT2D eigenvalue weighted by Crippen LogP contribution is 2.04. The summed E-state index contributed by atoms with van der Waals surface area (Å²) < 4.78 is 5.03. The van der Waals surface area contributed by atoms with Crippen molar-refractivity contribution in [3.05, 3.63) is 12.2 Å². The first-order chi connectivity index (χ1) is 7.02. The molecule has 0 radical (unpaired) electrons. The number of allylic oxidation sites excluding steroid dienone is 1.